The van der Waals surface area contributed by atoms with Gasteiger partial charge in [-0.3, -0.25) is 9.80 Å². The van der Waals surface area contributed by atoms with E-state index in [0.29, 0.717) is 5.79 Å². The number of hydrogen-bond donors (Lipinski definition) is 0. The predicted octanol–water partition coefficient (Wildman–Crippen LogP) is 1.85. The molecule has 0 unspecified atom stereocenters. The summed E-state index contributed by atoms with van der Waals surface area (Å²) in [7, 11) is 9.86. The van der Waals surface area contributed by atoms with Gasteiger partial charge in [-0.25, -0.2) is 0 Å². The fourth-order valence-corrected chi connectivity index (χ4v) is 4.00. The summed E-state index contributed by atoms with van der Waals surface area (Å²) in [6.45, 7) is 0. The Hall–Kier alpha value is 0.137. The highest BCUT2D eigenvalue weighted by Crippen LogP contribution is 2.28. The molecule has 14 heavy (non-hydrogen) atoms. The van der Waals surface area contributed by atoms with Gasteiger partial charge in [-0.05, 0) is 33.7 Å². The highest BCUT2D eigenvalue weighted by atomic mass is 28.2. The second-order valence-corrected chi connectivity index (χ2v) is 6.47. The maximum absolute atomic E-state index is 2.35. The van der Waals surface area contributed by atoms with Crippen molar-refractivity contribution in [1.82, 2.24) is 9.80 Å². The lowest BCUT2D eigenvalue weighted by atomic mass is 10.0. The molecule has 1 rings (SSSR count). The van der Waals surface area contributed by atoms with E-state index in [9.17, 15) is 0 Å². The van der Waals surface area contributed by atoms with Crippen LogP contribution < -0.4 is 0 Å². The molecule has 0 N–H and O–H groups in total. The van der Waals surface area contributed by atoms with E-state index >= 15 is 0 Å². The minimum atomic E-state index is 0.651. The maximum atomic E-state index is 2.35. The van der Waals surface area contributed by atoms with Gasteiger partial charge in [-0.15, -0.1) is 0 Å². The van der Waals surface area contributed by atoms with Crippen molar-refractivity contribution < 1.29 is 0 Å². The zero-order valence-electron chi connectivity index (χ0n) is 10.1. The fourth-order valence-electron chi connectivity index (χ4n) is 2.24. The van der Waals surface area contributed by atoms with Crippen molar-refractivity contribution in [3.63, 3.8) is 0 Å². The van der Waals surface area contributed by atoms with Crippen molar-refractivity contribution >= 4 is 9.52 Å². The average Bonchev–Trinajstić information content (AvgIpc) is 2.15. The number of rotatable bonds is 4. The van der Waals surface area contributed by atoms with Crippen LogP contribution in [-0.4, -0.2) is 53.3 Å². The largest absolute Gasteiger partial charge is 0.297 e. The van der Waals surface area contributed by atoms with Gasteiger partial charge in [0, 0.05) is 5.79 Å². The van der Waals surface area contributed by atoms with Gasteiger partial charge in [-0.1, -0.05) is 32.1 Å². The Morgan fingerprint density at radius 3 is 1.86 bits per heavy atom. The van der Waals surface area contributed by atoms with E-state index in [4.69, 9.17) is 0 Å². The maximum Gasteiger partial charge on any atom is 0.0854 e. The summed E-state index contributed by atoms with van der Waals surface area (Å²) in [5, 5.41) is 0. The van der Waals surface area contributed by atoms with Crippen molar-refractivity contribution in [2.75, 3.05) is 28.2 Å². The number of nitrogens with zero attached hydrogens (tertiary/aromatic N) is 2. The Morgan fingerprint density at radius 2 is 1.43 bits per heavy atom. The third-order valence-corrected chi connectivity index (χ3v) is 5.35. The van der Waals surface area contributed by atoms with Crippen LogP contribution >= 0.6 is 0 Å². The van der Waals surface area contributed by atoms with Crippen LogP contribution in [0.2, 0.25) is 5.54 Å². The Kier molecular flexibility index (Phi) is 5.13. The van der Waals surface area contributed by atoms with E-state index in [1.807, 2.05) is 0 Å². The first-order chi connectivity index (χ1) is 6.61. The molecule has 0 saturated heterocycles. The lowest BCUT2D eigenvalue weighted by Gasteiger charge is -2.34. The second-order valence-electron chi connectivity index (χ2n) is 4.80. The summed E-state index contributed by atoms with van der Waals surface area (Å²) in [5.74, 6) is 0.651. The van der Waals surface area contributed by atoms with Crippen LogP contribution in [0.15, 0.2) is 0 Å². The standard InChI is InChI=1S/C11H24N2Si/c1-12(2)11(13(3)4)14-10-8-6-5-7-9-10/h10-11H,5-9H2,1-4H3. The molecule has 0 spiro atoms. The molecule has 0 aromatic carbocycles. The van der Waals surface area contributed by atoms with Crippen molar-refractivity contribution in [2.24, 2.45) is 0 Å². The molecule has 82 valence electrons. The molecule has 1 aliphatic rings. The number of hydrogen-bond acceptors (Lipinski definition) is 2. The highest BCUT2D eigenvalue weighted by molar-refractivity contribution is 6.39. The molecular weight excluding hydrogens is 188 g/mol. The lowest BCUT2D eigenvalue weighted by Crippen LogP contribution is -2.46. The molecule has 3 heteroatoms. The van der Waals surface area contributed by atoms with Crippen molar-refractivity contribution in [2.45, 2.75) is 43.4 Å². The van der Waals surface area contributed by atoms with Crippen LogP contribution in [0, 0.1) is 0 Å². The van der Waals surface area contributed by atoms with E-state index in [1.165, 1.54) is 32.1 Å². The first-order valence-corrected chi connectivity index (χ1v) is 6.85. The van der Waals surface area contributed by atoms with Gasteiger partial charge in [0.1, 0.15) is 0 Å². The quantitative estimate of drug-likeness (QED) is 0.518. The van der Waals surface area contributed by atoms with Gasteiger partial charge in [0.05, 0.1) is 9.52 Å². The van der Waals surface area contributed by atoms with Crippen molar-refractivity contribution in [3.8, 4) is 0 Å². The van der Waals surface area contributed by atoms with Crippen LogP contribution in [0.3, 0.4) is 0 Å². The van der Waals surface area contributed by atoms with Gasteiger partial charge < -0.3 is 0 Å². The molecule has 1 fully saturated rings. The molecule has 0 atom stereocenters. The molecular formula is C11H24N2Si. The van der Waals surface area contributed by atoms with Crippen LogP contribution in [0.4, 0.5) is 0 Å². The summed E-state index contributed by atoms with van der Waals surface area (Å²) >= 11 is 0. The van der Waals surface area contributed by atoms with Gasteiger partial charge in [-0.2, -0.15) is 0 Å². The van der Waals surface area contributed by atoms with Crippen LogP contribution in [-0.2, 0) is 0 Å². The normalized spacial score (nSPS) is 19.9. The zero-order valence-corrected chi connectivity index (χ0v) is 11.1. The molecule has 0 aromatic rings. The van der Waals surface area contributed by atoms with Crippen LogP contribution in [0.1, 0.15) is 32.1 Å². The summed E-state index contributed by atoms with van der Waals surface area (Å²) in [4.78, 5) is 4.71. The van der Waals surface area contributed by atoms with E-state index in [-0.39, 0.29) is 0 Å². The zero-order chi connectivity index (χ0) is 10.6. The molecule has 0 aliphatic heterocycles. The van der Waals surface area contributed by atoms with Crippen LogP contribution in [0.5, 0.6) is 0 Å². The molecule has 1 saturated carbocycles. The highest BCUT2D eigenvalue weighted by Gasteiger charge is 2.22. The summed E-state index contributed by atoms with van der Waals surface area (Å²) in [6, 6.07) is 0. The molecule has 0 amide bonds. The minimum absolute atomic E-state index is 0.651. The first-order valence-electron chi connectivity index (χ1n) is 5.70. The fraction of sp³-hybridized carbons (Fsp3) is 1.00. The minimum Gasteiger partial charge on any atom is -0.297 e. The van der Waals surface area contributed by atoms with E-state index in [1.54, 1.807) is 0 Å². The summed E-state index contributed by atoms with van der Waals surface area (Å²) < 4.78 is 0. The molecule has 2 radical (unpaired) electrons. The molecule has 0 heterocycles. The Morgan fingerprint density at radius 1 is 0.929 bits per heavy atom. The topological polar surface area (TPSA) is 6.48 Å². The van der Waals surface area contributed by atoms with E-state index in [0.717, 1.165) is 15.1 Å². The van der Waals surface area contributed by atoms with Crippen molar-refractivity contribution in [3.05, 3.63) is 0 Å². The van der Waals surface area contributed by atoms with E-state index < -0.39 is 0 Å². The molecule has 0 aromatic heterocycles. The molecule has 0 bridgehead atoms. The van der Waals surface area contributed by atoms with Crippen molar-refractivity contribution in [1.29, 1.82) is 0 Å². The predicted molar refractivity (Wildman–Crippen MR) is 63.8 cm³/mol. The summed E-state index contributed by atoms with van der Waals surface area (Å²) in [6.07, 6.45) is 7.33. The second kappa shape index (κ2) is 5.88. The Balaban J connectivity index is 2.37. The van der Waals surface area contributed by atoms with Gasteiger partial charge >= 0.3 is 0 Å². The smallest absolute Gasteiger partial charge is 0.0854 e. The van der Waals surface area contributed by atoms with Gasteiger partial charge in [0.25, 0.3) is 0 Å². The Bertz CT molecular complexity index is 145. The Labute approximate surface area is 91.5 Å². The SMILES string of the molecule is CN(C)C([Si]C1CCCCC1)N(C)C. The summed E-state index contributed by atoms with van der Waals surface area (Å²) in [5.41, 5.74) is 0.999. The van der Waals surface area contributed by atoms with Gasteiger partial charge in [0.2, 0.25) is 0 Å². The lowest BCUT2D eigenvalue weighted by molar-refractivity contribution is 0.197. The van der Waals surface area contributed by atoms with E-state index in [2.05, 4.69) is 38.0 Å². The molecule has 1 aliphatic carbocycles. The third kappa shape index (κ3) is 3.71. The first kappa shape index (κ1) is 12.2. The monoisotopic (exact) mass is 212 g/mol. The average molecular weight is 212 g/mol. The molecule has 2 nitrogen and oxygen atoms in total. The van der Waals surface area contributed by atoms with Gasteiger partial charge in [0.15, 0.2) is 0 Å². The van der Waals surface area contributed by atoms with Crippen LogP contribution in [0.25, 0.3) is 0 Å². The third-order valence-electron chi connectivity index (χ3n) is 2.97.